The molecule has 2 aromatic rings. The lowest BCUT2D eigenvalue weighted by atomic mass is 10.1. The topological polar surface area (TPSA) is 90.0 Å². The van der Waals surface area contributed by atoms with Crippen LogP contribution in [0, 0.1) is 0 Å². The summed E-state index contributed by atoms with van der Waals surface area (Å²) in [7, 11) is -1.76. The normalized spacial score (nSPS) is 17.8. The van der Waals surface area contributed by atoms with Gasteiger partial charge < -0.3 is 15.1 Å². The second kappa shape index (κ2) is 9.80. The summed E-state index contributed by atoms with van der Waals surface area (Å²) in [6.45, 7) is 3.48. The molecule has 0 aromatic heterocycles. The van der Waals surface area contributed by atoms with E-state index in [1.165, 1.54) is 22.5 Å². The van der Waals surface area contributed by atoms with E-state index in [2.05, 4.69) is 10.2 Å². The Hall–Kier alpha value is -2.46. The molecule has 0 radical (unpaired) electrons. The molecule has 0 aliphatic carbocycles. The molecule has 0 saturated carbocycles. The lowest BCUT2D eigenvalue weighted by molar-refractivity contribution is 0.0794. The lowest BCUT2D eigenvalue weighted by Crippen LogP contribution is -2.47. The number of likely N-dealkylation sites (N-methyl/N-ethyl adjacent to an activating group) is 1. The second-order valence-electron chi connectivity index (χ2n) is 8.38. The average Bonchev–Trinajstić information content (AvgIpc) is 3.34. The van der Waals surface area contributed by atoms with E-state index in [1.54, 1.807) is 29.2 Å². The first-order chi connectivity index (χ1) is 15.8. The van der Waals surface area contributed by atoms with Crippen LogP contribution < -0.4 is 5.32 Å². The van der Waals surface area contributed by atoms with Gasteiger partial charge in [0.1, 0.15) is 0 Å². The fourth-order valence-corrected chi connectivity index (χ4v) is 5.71. The van der Waals surface area contributed by atoms with Crippen molar-refractivity contribution >= 4 is 39.1 Å². The van der Waals surface area contributed by atoms with Gasteiger partial charge in [-0.3, -0.25) is 9.59 Å². The summed E-state index contributed by atoms with van der Waals surface area (Å²) >= 11 is 6.13. The summed E-state index contributed by atoms with van der Waals surface area (Å²) in [5.74, 6) is -0.672. The van der Waals surface area contributed by atoms with E-state index >= 15 is 0 Å². The van der Waals surface area contributed by atoms with Crippen LogP contribution in [0.15, 0.2) is 47.4 Å². The highest BCUT2D eigenvalue weighted by Gasteiger charge is 2.28. The first-order valence-corrected chi connectivity index (χ1v) is 12.8. The fourth-order valence-electron chi connectivity index (χ4n) is 4.07. The minimum Gasteiger partial charge on any atom is -0.339 e. The molecule has 176 valence electrons. The molecule has 0 unspecified atom stereocenters. The molecule has 10 heteroatoms. The Kier molecular flexibility index (Phi) is 7.04. The maximum absolute atomic E-state index is 13.1. The van der Waals surface area contributed by atoms with Gasteiger partial charge in [-0.05, 0) is 56.3 Å². The zero-order chi connectivity index (χ0) is 23.6. The maximum atomic E-state index is 13.1. The first-order valence-electron chi connectivity index (χ1n) is 10.9. The summed E-state index contributed by atoms with van der Waals surface area (Å²) in [4.78, 5) is 29.8. The molecule has 0 atom stereocenters. The fraction of sp³-hybridized carbons (Fsp3) is 0.391. The average molecular weight is 491 g/mol. The zero-order valence-electron chi connectivity index (χ0n) is 18.5. The number of carbonyl (C=O) groups is 2. The molecule has 2 heterocycles. The van der Waals surface area contributed by atoms with E-state index in [1.807, 2.05) is 7.05 Å². The number of hydrogen-bond acceptors (Lipinski definition) is 5. The third kappa shape index (κ3) is 5.22. The number of sulfonamides is 1. The van der Waals surface area contributed by atoms with Gasteiger partial charge in [-0.2, -0.15) is 4.31 Å². The minimum atomic E-state index is -3.71. The molecule has 2 aliphatic rings. The molecule has 2 aliphatic heterocycles. The van der Waals surface area contributed by atoms with Gasteiger partial charge in [0.25, 0.3) is 11.8 Å². The molecule has 33 heavy (non-hydrogen) atoms. The summed E-state index contributed by atoms with van der Waals surface area (Å²) in [6, 6.07) is 10.7. The molecule has 0 spiro atoms. The quantitative estimate of drug-likeness (QED) is 0.696. The Morgan fingerprint density at radius 3 is 2.33 bits per heavy atom. The van der Waals surface area contributed by atoms with E-state index in [0.29, 0.717) is 55.5 Å². The van der Waals surface area contributed by atoms with Crippen molar-refractivity contribution in [2.45, 2.75) is 17.7 Å². The largest absolute Gasteiger partial charge is 0.339 e. The van der Waals surface area contributed by atoms with Gasteiger partial charge in [0, 0.05) is 49.9 Å². The zero-order valence-corrected chi connectivity index (χ0v) is 20.0. The van der Waals surface area contributed by atoms with Crippen molar-refractivity contribution in [2.24, 2.45) is 0 Å². The number of carbonyl (C=O) groups excluding carboxylic acids is 2. The Bertz CT molecular complexity index is 1160. The number of piperazine rings is 1. The minimum absolute atomic E-state index is 0.0687. The number of hydrogen-bond donors (Lipinski definition) is 1. The first kappa shape index (κ1) is 23.7. The van der Waals surface area contributed by atoms with Gasteiger partial charge in [-0.25, -0.2) is 8.42 Å². The van der Waals surface area contributed by atoms with E-state index in [4.69, 9.17) is 11.6 Å². The van der Waals surface area contributed by atoms with Crippen LogP contribution in [0.2, 0.25) is 5.02 Å². The highest BCUT2D eigenvalue weighted by Crippen LogP contribution is 2.25. The van der Waals surface area contributed by atoms with Gasteiger partial charge in [0.2, 0.25) is 10.0 Å². The van der Waals surface area contributed by atoms with Gasteiger partial charge in [0.15, 0.2) is 0 Å². The number of halogens is 1. The molecular formula is C23H27ClN4O4S. The van der Waals surface area contributed by atoms with Crippen molar-refractivity contribution in [1.82, 2.24) is 14.1 Å². The Labute approximate surface area is 199 Å². The monoisotopic (exact) mass is 490 g/mol. The standard InChI is InChI=1S/C23H27ClN4O4S/c1-26-11-13-28(14-12-26)33(31,32)19-6-4-5-17(15-19)22(29)25-21-16-18(24)7-8-20(21)23(30)27-9-2-3-10-27/h4-8,15-16H,2-3,9-14H2,1H3,(H,25,29). The SMILES string of the molecule is CN1CCN(S(=O)(=O)c2cccc(C(=O)Nc3cc(Cl)ccc3C(=O)N3CCCC3)c2)CC1. The van der Waals surface area contributed by atoms with E-state index < -0.39 is 15.9 Å². The van der Waals surface area contributed by atoms with Crippen LogP contribution in [0.4, 0.5) is 5.69 Å². The maximum Gasteiger partial charge on any atom is 0.255 e. The van der Waals surface area contributed by atoms with Crippen LogP contribution in [0.1, 0.15) is 33.6 Å². The van der Waals surface area contributed by atoms with Crippen molar-refractivity contribution in [3.63, 3.8) is 0 Å². The summed E-state index contributed by atoms with van der Waals surface area (Å²) in [5.41, 5.74) is 0.845. The molecule has 1 N–H and O–H groups in total. The van der Waals surface area contributed by atoms with E-state index in [0.717, 1.165) is 12.8 Å². The number of amides is 2. The Morgan fingerprint density at radius 1 is 0.939 bits per heavy atom. The van der Waals surface area contributed by atoms with Gasteiger partial charge in [-0.15, -0.1) is 0 Å². The van der Waals surface area contributed by atoms with Crippen molar-refractivity contribution < 1.29 is 18.0 Å². The van der Waals surface area contributed by atoms with E-state index in [9.17, 15) is 18.0 Å². The second-order valence-corrected chi connectivity index (χ2v) is 10.8. The number of nitrogens with one attached hydrogen (secondary N) is 1. The summed E-state index contributed by atoms with van der Waals surface area (Å²) < 4.78 is 27.6. The molecule has 8 nitrogen and oxygen atoms in total. The van der Waals surface area contributed by atoms with Crippen LogP contribution >= 0.6 is 11.6 Å². The predicted octanol–water partition coefficient (Wildman–Crippen LogP) is 2.76. The van der Waals surface area contributed by atoms with Crippen molar-refractivity contribution in [1.29, 1.82) is 0 Å². The lowest BCUT2D eigenvalue weighted by Gasteiger charge is -2.31. The highest BCUT2D eigenvalue weighted by atomic mass is 35.5. The molecule has 2 fully saturated rings. The Morgan fingerprint density at radius 2 is 1.64 bits per heavy atom. The van der Waals surface area contributed by atoms with Crippen molar-refractivity contribution in [3.8, 4) is 0 Å². The smallest absolute Gasteiger partial charge is 0.255 e. The number of anilines is 1. The molecule has 2 amide bonds. The molecule has 4 rings (SSSR count). The predicted molar refractivity (Wildman–Crippen MR) is 127 cm³/mol. The third-order valence-corrected chi connectivity index (χ3v) is 8.18. The van der Waals surface area contributed by atoms with Crippen LogP contribution in [-0.2, 0) is 10.0 Å². The number of rotatable bonds is 5. The van der Waals surface area contributed by atoms with E-state index in [-0.39, 0.29) is 16.4 Å². The van der Waals surface area contributed by atoms with Crippen molar-refractivity contribution in [2.75, 3.05) is 51.6 Å². The van der Waals surface area contributed by atoms with Gasteiger partial charge >= 0.3 is 0 Å². The van der Waals surface area contributed by atoms with Gasteiger partial charge in [-0.1, -0.05) is 17.7 Å². The number of benzene rings is 2. The van der Waals surface area contributed by atoms with Gasteiger partial charge in [0.05, 0.1) is 16.1 Å². The van der Waals surface area contributed by atoms with Crippen molar-refractivity contribution in [3.05, 3.63) is 58.6 Å². The van der Waals surface area contributed by atoms with Crippen LogP contribution in [-0.4, -0.2) is 80.7 Å². The third-order valence-electron chi connectivity index (χ3n) is 6.05. The summed E-state index contributed by atoms with van der Waals surface area (Å²) in [5, 5.41) is 3.13. The number of likely N-dealkylation sites (tertiary alicyclic amines) is 1. The Balaban J connectivity index is 1.56. The summed E-state index contributed by atoms with van der Waals surface area (Å²) in [6.07, 6.45) is 1.91. The van der Waals surface area contributed by atoms with Crippen LogP contribution in [0.5, 0.6) is 0 Å². The van der Waals surface area contributed by atoms with Crippen LogP contribution in [0.25, 0.3) is 0 Å². The van der Waals surface area contributed by atoms with Crippen LogP contribution in [0.3, 0.4) is 0 Å². The molecule has 2 aromatic carbocycles. The molecule has 2 saturated heterocycles. The molecular weight excluding hydrogens is 464 g/mol. The molecule has 0 bridgehead atoms. The number of nitrogens with zero attached hydrogens (tertiary/aromatic N) is 3. The highest BCUT2D eigenvalue weighted by molar-refractivity contribution is 7.89.